The molecule has 2 N–H and O–H groups in total. The molecule has 0 amide bonds. The van der Waals surface area contributed by atoms with E-state index in [0.717, 1.165) is 25.2 Å². The Labute approximate surface area is 114 Å². The van der Waals surface area contributed by atoms with E-state index >= 15 is 0 Å². The number of H-pyrrole nitrogens is 1. The van der Waals surface area contributed by atoms with Crippen LogP contribution in [0.25, 0.3) is 0 Å². The monoisotopic (exact) mass is 313 g/mol. The van der Waals surface area contributed by atoms with Crippen molar-refractivity contribution < 1.29 is 0 Å². The van der Waals surface area contributed by atoms with Gasteiger partial charge < -0.3 is 10.3 Å². The van der Waals surface area contributed by atoms with Crippen molar-refractivity contribution in [2.24, 2.45) is 0 Å². The van der Waals surface area contributed by atoms with E-state index in [1.807, 2.05) is 6.20 Å². The Bertz CT molecular complexity index is 438. The van der Waals surface area contributed by atoms with Crippen molar-refractivity contribution in [3.63, 3.8) is 0 Å². The van der Waals surface area contributed by atoms with Crippen LogP contribution in [0.2, 0.25) is 0 Å². The fourth-order valence-corrected chi connectivity index (χ4v) is 3.47. The van der Waals surface area contributed by atoms with E-state index < -0.39 is 0 Å². The Morgan fingerprint density at radius 2 is 2.47 bits per heavy atom. The Hall–Kier alpha value is -0.650. The van der Waals surface area contributed by atoms with E-state index in [2.05, 4.69) is 49.6 Å². The van der Waals surface area contributed by atoms with Crippen LogP contribution < -0.4 is 5.32 Å². The second kappa shape index (κ2) is 6.33. The van der Waals surface area contributed by atoms with E-state index in [1.54, 1.807) is 17.5 Å². The summed E-state index contributed by atoms with van der Waals surface area (Å²) in [4.78, 5) is 8.69. The predicted octanol–water partition coefficient (Wildman–Crippen LogP) is 3.52. The third-order valence-electron chi connectivity index (χ3n) is 2.63. The van der Waals surface area contributed by atoms with Crippen molar-refractivity contribution in [1.29, 1.82) is 0 Å². The van der Waals surface area contributed by atoms with Gasteiger partial charge in [0.05, 0.1) is 0 Å². The van der Waals surface area contributed by atoms with Crippen molar-refractivity contribution in [1.82, 2.24) is 15.3 Å². The third-order valence-corrected chi connectivity index (χ3v) is 4.69. The highest BCUT2D eigenvalue weighted by Crippen LogP contribution is 2.28. The van der Waals surface area contributed by atoms with Crippen molar-refractivity contribution in [2.75, 3.05) is 6.54 Å². The summed E-state index contributed by atoms with van der Waals surface area (Å²) in [5.41, 5.74) is 0. The molecule has 2 heterocycles. The van der Waals surface area contributed by atoms with E-state index in [0.29, 0.717) is 6.04 Å². The Morgan fingerprint density at radius 3 is 3.12 bits per heavy atom. The maximum atomic E-state index is 4.21. The number of nitrogens with one attached hydrogen (secondary N) is 2. The minimum absolute atomic E-state index is 0.404. The second-order valence-corrected chi connectivity index (χ2v) is 5.75. The second-order valence-electron chi connectivity index (χ2n) is 3.95. The number of aromatic amines is 1. The normalized spacial score (nSPS) is 12.8. The van der Waals surface area contributed by atoms with Crippen LogP contribution in [0, 0.1) is 0 Å². The topological polar surface area (TPSA) is 40.7 Å². The van der Waals surface area contributed by atoms with Crippen molar-refractivity contribution in [3.8, 4) is 0 Å². The van der Waals surface area contributed by atoms with E-state index in [4.69, 9.17) is 0 Å². The molecule has 0 bridgehead atoms. The van der Waals surface area contributed by atoms with Gasteiger partial charge in [-0.05, 0) is 47.3 Å². The first-order valence-corrected chi connectivity index (χ1v) is 7.39. The van der Waals surface area contributed by atoms with E-state index in [9.17, 15) is 0 Å². The van der Waals surface area contributed by atoms with Gasteiger partial charge in [0.25, 0.3) is 0 Å². The fourth-order valence-electron chi connectivity index (χ4n) is 1.72. The molecule has 0 aliphatic heterocycles. The van der Waals surface area contributed by atoms with Gasteiger partial charge in [0.15, 0.2) is 0 Å². The van der Waals surface area contributed by atoms with Crippen molar-refractivity contribution >= 4 is 27.3 Å². The highest BCUT2D eigenvalue weighted by atomic mass is 79.9. The molecule has 0 spiro atoms. The number of hydrogen-bond acceptors (Lipinski definition) is 3. The van der Waals surface area contributed by atoms with Gasteiger partial charge in [-0.1, -0.05) is 0 Å². The summed E-state index contributed by atoms with van der Waals surface area (Å²) in [7, 11) is 0. The first-order valence-electron chi connectivity index (χ1n) is 5.72. The minimum Gasteiger partial charge on any atom is -0.349 e. The van der Waals surface area contributed by atoms with Crippen LogP contribution in [0.15, 0.2) is 28.3 Å². The lowest BCUT2D eigenvalue weighted by atomic mass is 10.2. The largest absolute Gasteiger partial charge is 0.349 e. The lowest BCUT2D eigenvalue weighted by Gasteiger charge is -2.12. The standard InChI is InChI=1S/C12H16BrN3S/c1-9(12-10(13)4-8-17-12)14-5-2-3-11-15-6-7-16-11/h4,6-9,14H,2-3,5H2,1H3,(H,15,16). The van der Waals surface area contributed by atoms with Gasteiger partial charge in [0, 0.05) is 34.2 Å². The average Bonchev–Trinajstić information content (AvgIpc) is 2.95. The van der Waals surface area contributed by atoms with Gasteiger partial charge >= 0.3 is 0 Å². The smallest absolute Gasteiger partial charge is 0.106 e. The molecule has 1 unspecified atom stereocenters. The summed E-state index contributed by atoms with van der Waals surface area (Å²) in [6.07, 6.45) is 5.77. The number of rotatable bonds is 6. The maximum absolute atomic E-state index is 4.21. The molecule has 2 rings (SSSR count). The molecule has 5 heteroatoms. The molecule has 1 atom stereocenters. The molecular formula is C12H16BrN3S. The van der Waals surface area contributed by atoms with Crippen LogP contribution in [-0.2, 0) is 6.42 Å². The van der Waals surface area contributed by atoms with E-state index in [1.165, 1.54) is 9.35 Å². The van der Waals surface area contributed by atoms with Crippen LogP contribution in [0.4, 0.5) is 0 Å². The number of hydrogen-bond donors (Lipinski definition) is 2. The highest BCUT2D eigenvalue weighted by Gasteiger charge is 2.09. The molecule has 0 saturated heterocycles. The van der Waals surface area contributed by atoms with Gasteiger partial charge in [0.2, 0.25) is 0 Å². The zero-order valence-electron chi connectivity index (χ0n) is 9.74. The summed E-state index contributed by atoms with van der Waals surface area (Å²) in [6.45, 7) is 3.20. The van der Waals surface area contributed by atoms with Crippen molar-refractivity contribution in [2.45, 2.75) is 25.8 Å². The maximum Gasteiger partial charge on any atom is 0.106 e. The molecule has 3 nitrogen and oxygen atoms in total. The molecule has 2 aromatic heterocycles. The number of halogens is 1. The molecule has 0 aliphatic carbocycles. The van der Waals surface area contributed by atoms with Crippen LogP contribution in [0.3, 0.4) is 0 Å². The molecule has 0 saturated carbocycles. The molecule has 0 radical (unpaired) electrons. The number of imidazole rings is 1. The first kappa shape index (κ1) is 12.8. The first-order chi connectivity index (χ1) is 8.27. The third kappa shape index (κ3) is 3.66. The van der Waals surface area contributed by atoms with Gasteiger partial charge in [-0.15, -0.1) is 11.3 Å². The number of aryl methyl sites for hydroxylation is 1. The molecule has 0 aliphatic rings. The Kier molecular flexibility index (Phi) is 4.76. The van der Waals surface area contributed by atoms with Crippen LogP contribution in [0.5, 0.6) is 0 Å². The van der Waals surface area contributed by atoms with Crippen LogP contribution in [0.1, 0.15) is 30.1 Å². The zero-order valence-corrected chi connectivity index (χ0v) is 12.1. The fraction of sp³-hybridized carbons (Fsp3) is 0.417. The van der Waals surface area contributed by atoms with Crippen LogP contribution in [-0.4, -0.2) is 16.5 Å². The highest BCUT2D eigenvalue weighted by molar-refractivity contribution is 9.10. The summed E-state index contributed by atoms with van der Waals surface area (Å²) in [5, 5.41) is 5.64. The molecule has 0 aromatic carbocycles. The molecule has 92 valence electrons. The van der Waals surface area contributed by atoms with E-state index in [-0.39, 0.29) is 0 Å². The number of thiophene rings is 1. The van der Waals surface area contributed by atoms with Gasteiger partial charge in [-0.2, -0.15) is 0 Å². The molecular weight excluding hydrogens is 298 g/mol. The Balaban J connectivity index is 1.70. The van der Waals surface area contributed by atoms with Gasteiger partial charge in [-0.25, -0.2) is 4.98 Å². The Morgan fingerprint density at radius 1 is 1.59 bits per heavy atom. The lowest BCUT2D eigenvalue weighted by Crippen LogP contribution is -2.19. The summed E-state index contributed by atoms with van der Waals surface area (Å²) in [5.74, 6) is 1.07. The summed E-state index contributed by atoms with van der Waals surface area (Å²) in [6, 6.07) is 2.50. The quantitative estimate of drug-likeness (QED) is 0.801. The zero-order chi connectivity index (χ0) is 12.1. The van der Waals surface area contributed by atoms with Gasteiger partial charge in [0.1, 0.15) is 5.82 Å². The average molecular weight is 314 g/mol. The summed E-state index contributed by atoms with van der Waals surface area (Å²) < 4.78 is 1.20. The molecule has 17 heavy (non-hydrogen) atoms. The number of aromatic nitrogens is 2. The van der Waals surface area contributed by atoms with Crippen LogP contribution >= 0.6 is 27.3 Å². The SMILES string of the molecule is CC(NCCCc1ncc[nH]1)c1sccc1Br. The predicted molar refractivity (Wildman–Crippen MR) is 75.3 cm³/mol. The summed E-state index contributed by atoms with van der Waals surface area (Å²) >= 11 is 5.35. The molecule has 0 fully saturated rings. The minimum atomic E-state index is 0.404. The van der Waals surface area contributed by atoms with Gasteiger partial charge in [-0.3, -0.25) is 0 Å². The lowest BCUT2D eigenvalue weighted by molar-refractivity contribution is 0.560. The molecule has 2 aromatic rings. The van der Waals surface area contributed by atoms with Crippen molar-refractivity contribution in [3.05, 3.63) is 39.0 Å². The number of nitrogens with zero attached hydrogens (tertiary/aromatic N) is 1.